The third kappa shape index (κ3) is 7.22. The Morgan fingerprint density at radius 3 is 2.58 bits per heavy atom. The molecule has 43 heavy (non-hydrogen) atoms. The van der Waals surface area contributed by atoms with Gasteiger partial charge in [0.15, 0.2) is 11.0 Å². The Kier molecular flexibility index (Phi) is 8.77. The second-order valence-electron chi connectivity index (χ2n) is 9.13. The van der Waals surface area contributed by atoms with E-state index in [-0.39, 0.29) is 11.3 Å². The number of rotatable bonds is 7. The van der Waals surface area contributed by atoms with Gasteiger partial charge in [-0.25, -0.2) is 14.5 Å². The molecule has 2 amide bonds. The average molecular weight is 604 g/mol. The second-order valence-corrected chi connectivity index (χ2v) is 10.2. The fraction of sp³-hybridized carbons (Fsp3) is 0.167. The van der Waals surface area contributed by atoms with Gasteiger partial charge in [-0.1, -0.05) is 61.2 Å². The van der Waals surface area contributed by atoms with Crippen LogP contribution in [-0.4, -0.2) is 44.6 Å². The van der Waals surface area contributed by atoms with E-state index in [1.165, 1.54) is 58.8 Å². The van der Waals surface area contributed by atoms with Crippen LogP contribution in [0, 0.1) is 11.3 Å². The van der Waals surface area contributed by atoms with E-state index in [9.17, 15) is 23.2 Å². The Morgan fingerprint density at radius 1 is 1.14 bits per heavy atom. The molecule has 0 spiro atoms. The first-order chi connectivity index (χ1) is 20.7. The Balaban J connectivity index is 1.25. The van der Waals surface area contributed by atoms with Crippen LogP contribution in [0.3, 0.4) is 0 Å². The highest BCUT2D eigenvalue weighted by Gasteiger charge is 2.31. The summed E-state index contributed by atoms with van der Waals surface area (Å²) in [7, 11) is 0. The summed E-state index contributed by atoms with van der Waals surface area (Å²) in [6, 6.07) is 21.6. The van der Waals surface area contributed by atoms with Gasteiger partial charge in [-0.05, 0) is 47.9 Å². The van der Waals surface area contributed by atoms with Crippen molar-refractivity contribution < 1.29 is 22.7 Å². The Morgan fingerprint density at radius 2 is 1.88 bits per heavy atom. The van der Waals surface area contributed by atoms with E-state index in [0.717, 1.165) is 24.4 Å². The van der Waals surface area contributed by atoms with Crippen molar-refractivity contribution in [3.8, 4) is 28.9 Å². The quantitative estimate of drug-likeness (QED) is 0.238. The van der Waals surface area contributed by atoms with Gasteiger partial charge in [0.1, 0.15) is 18.1 Å². The number of carbonyl (C=O) groups excluding carboxylic acids is 1. The first-order valence-corrected chi connectivity index (χ1v) is 14.1. The third-order valence-electron chi connectivity index (χ3n) is 6.38. The number of aryl methyl sites for hydroxylation is 1. The predicted molar refractivity (Wildman–Crippen MR) is 159 cm³/mol. The highest BCUT2D eigenvalue weighted by Crippen LogP contribution is 2.29. The summed E-state index contributed by atoms with van der Waals surface area (Å²) in [4.78, 5) is 23.2. The van der Waals surface area contributed by atoms with Crippen LogP contribution in [0.5, 0.6) is 5.75 Å². The molecule has 0 unspecified atom stereocenters. The van der Waals surface area contributed by atoms with E-state index in [1.54, 1.807) is 24.3 Å². The van der Waals surface area contributed by atoms with Crippen molar-refractivity contribution in [1.82, 2.24) is 20.1 Å². The van der Waals surface area contributed by atoms with Crippen LogP contribution in [-0.2, 0) is 6.42 Å². The molecule has 218 valence electrons. The summed E-state index contributed by atoms with van der Waals surface area (Å²) in [5, 5.41) is 17.3. The summed E-state index contributed by atoms with van der Waals surface area (Å²) in [6.07, 6.45) is -1.15. The van der Waals surface area contributed by atoms with Crippen molar-refractivity contribution in [2.45, 2.75) is 19.7 Å². The summed E-state index contributed by atoms with van der Waals surface area (Å²) >= 11 is 1.50. The molecule has 0 aliphatic carbocycles. The van der Waals surface area contributed by atoms with E-state index in [1.807, 2.05) is 23.1 Å². The van der Waals surface area contributed by atoms with Gasteiger partial charge in [0.25, 0.3) is 0 Å². The average Bonchev–Trinajstić information content (AvgIpc) is 3.68. The number of para-hydroxylation sites is 1. The van der Waals surface area contributed by atoms with E-state index in [4.69, 9.17) is 0 Å². The van der Waals surface area contributed by atoms with Gasteiger partial charge in [0.2, 0.25) is 0 Å². The molecule has 0 saturated carbocycles. The van der Waals surface area contributed by atoms with Gasteiger partial charge in [-0.3, -0.25) is 0 Å². The number of nitrogens with one attached hydrogen (secondary N) is 1. The number of nitrogens with zero attached hydrogens (tertiary/aromatic N) is 6. The lowest BCUT2D eigenvalue weighted by atomic mass is 10.1. The molecule has 1 aromatic heterocycles. The first kappa shape index (κ1) is 29.4. The minimum absolute atomic E-state index is 0.229. The molecule has 1 saturated heterocycles. The zero-order valence-corrected chi connectivity index (χ0v) is 23.6. The third-order valence-corrected chi connectivity index (χ3v) is 7.34. The SMILES string of the molecule is CCc1ccccc1N1CCS/C1=N\C(=O)N/C=C(\C#N)c1ccc(-c2ncn(-c3ccc(OC(F)(F)F)cc3)n2)cc1. The number of anilines is 1. The lowest BCUT2D eigenvalue weighted by Gasteiger charge is -2.20. The Bertz CT molecular complexity index is 1710. The Hall–Kier alpha value is -5.09. The number of nitriles is 1. The van der Waals surface area contributed by atoms with Gasteiger partial charge in [-0.15, -0.1) is 18.3 Å². The van der Waals surface area contributed by atoms with Crippen LogP contribution in [0.25, 0.3) is 22.6 Å². The number of carbonyl (C=O) groups is 1. The standard InChI is InChI=1S/C30H24F3N7O2S/c1-2-20-5-3-4-6-26(20)39-15-16-43-29(39)37-28(41)35-18-23(17-34)21-7-9-22(10-8-21)27-36-19-40(38-27)24-11-13-25(14-12-24)42-30(31,32)33/h3-14,18-19H,2,15-16H2,1H3,(H,35,41)/b23-18+,37-29-. The molecule has 2 heterocycles. The molecule has 1 aliphatic heterocycles. The number of allylic oxidation sites excluding steroid dienone is 1. The van der Waals surface area contributed by atoms with Crippen LogP contribution in [0.1, 0.15) is 18.1 Å². The lowest BCUT2D eigenvalue weighted by molar-refractivity contribution is -0.274. The maximum atomic E-state index is 12.7. The van der Waals surface area contributed by atoms with E-state index < -0.39 is 12.4 Å². The van der Waals surface area contributed by atoms with Gasteiger partial charge in [-0.2, -0.15) is 10.3 Å². The second kappa shape index (κ2) is 12.8. The summed E-state index contributed by atoms with van der Waals surface area (Å²) in [5.74, 6) is 0.845. The summed E-state index contributed by atoms with van der Waals surface area (Å²) < 4.78 is 42.5. The zero-order valence-electron chi connectivity index (χ0n) is 22.7. The number of thioether (sulfide) groups is 1. The monoisotopic (exact) mass is 603 g/mol. The zero-order chi connectivity index (χ0) is 30.4. The molecule has 13 heteroatoms. The molecule has 1 aliphatic rings. The van der Waals surface area contributed by atoms with Gasteiger partial charge >= 0.3 is 12.4 Å². The van der Waals surface area contributed by atoms with Crippen molar-refractivity contribution in [3.05, 3.63) is 96.5 Å². The lowest BCUT2D eigenvalue weighted by Crippen LogP contribution is -2.27. The fourth-order valence-corrected chi connectivity index (χ4v) is 5.29. The number of ether oxygens (including phenoxy) is 1. The largest absolute Gasteiger partial charge is 0.573 e. The predicted octanol–water partition coefficient (Wildman–Crippen LogP) is 6.58. The summed E-state index contributed by atoms with van der Waals surface area (Å²) in [5.41, 5.74) is 4.14. The van der Waals surface area contributed by atoms with Crippen LogP contribution in [0.4, 0.5) is 23.7 Å². The smallest absolute Gasteiger partial charge is 0.406 e. The van der Waals surface area contributed by atoms with Crippen LogP contribution < -0.4 is 15.0 Å². The minimum atomic E-state index is -4.77. The van der Waals surface area contributed by atoms with Gasteiger partial charge in [0.05, 0.1) is 11.3 Å². The first-order valence-electron chi connectivity index (χ1n) is 13.1. The number of halogens is 3. The highest BCUT2D eigenvalue weighted by atomic mass is 32.2. The number of amides is 2. The molecule has 0 bridgehead atoms. The van der Waals surface area contributed by atoms with Crippen molar-refractivity contribution in [2.75, 3.05) is 17.2 Å². The van der Waals surface area contributed by atoms with Crippen molar-refractivity contribution in [3.63, 3.8) is 0 Å². The number of hydrogen-bond acceptors (Lipinski definition) is 6. The number of benzene rings is 3. The number of hydrogen-bond donors (Lipinski definition) is 1. The van der Waals surface area contributed by atoms with Gasteiger partial charge in [0, 0.05) is 29.7 Å². The molecular formula is C30H24F3N7O2S. The molecular weight excluding hydrogens is 579 g/mol. The number of aliphatic imine (C=N–C) groups is 1. The van der Waals surface area contributed by atoms with E-state index >= 15 is 0 Å². The van der Waals surface area contributed by atoms with Crippen LogP contribution in [0.15, 0.2) is 90.3 Å². The molecule has 9 nitrogen and oxygen atoms in total. The minimum Gasteiger partial charge on any atom is -0.406 e. The molecule has 0 radical (unpaired) electrons. The highest BCUT2D eigenvalue weighted by molar-refractivity contribution is 8.14. The Labute approximate surface area is 249 Å². The summed E-state index contributed by atoms with van der Waals surface area (Å²) in [6.45, 7) is 2.83. The molecule has 0 atom stereocenters. The van der Waals surface area contributed by atoms with Crippen LogP contribution in [0.2, 0.25) is 0 Å². The molecule has 3 aromatic carbocycles. The molecule has 1 N–H and O–H groups in total. The van der Waals surface area contributed by atoms with Crippen molar-refractivity contribution >= 4 is 34.2 Å². The van der Waals surface area contributed by atoms with Crippen molar-refractivity contribution in [2.24, 2.45) is 4.99 Å². The van der Waals surface area contributed by atoms with Gasteiger partial charge < -0.3 is 15.0 Å². The number of alkyl halides is 3. The fourth-order valence-electron chi connectivity index (χ4n) is 4.34. The molecule has 4 aromatic rings. The number of aromatic nitrogens is 3. The van der Waals surface area contributed by atoms with E-state index in [0.29, 0.717) is 27.8 Å². The number of urea groups is 1. The van der Waals surface area contributed by atoms with Crippen molar-refractivity contribution in [1.29, 1.82) is 5.26 Å². The molecule has 1 fully saturated rings. The normalized spacial score (nSPS) is 14.5. The molecule has 5 rings (SSSR count). The van der Waals surface area contributed by atoms with E-state index in [2.05, 4.69) is 44.2 Å². The van der Waals surface area contributed by atoms with Crippen LogP contribution >= 0.6 is 11.8 Å². The maximum absolute atomic E-state index is 12.7. The number of amidine groups is 1. The maximum Gasteiger partial charge on any atom is 0.573 e. The topological polar surface area (TPSA) is 108 Å².